The molecule has 0 saturated carbocycles. The standard InChI is InChI=1S/C30H27N2OS.HI/c1-3-32-27-16-10-11-17-29(27)34-30(32)22-26-20-23(18-19-31(2)25-14-8-5-9-15-25)21-28(33-26)24-12-6-4-7-13-24;/h4-22H,3H2,1-2H3;1H/q+1;/p-1. The van der Waals surface area contributed by atoms with E-state index in [0.717, 1.165) is 34.9 Å². The Hall–Kier alpha value is -3.16. The Morgan fingerprint density at radius 1 is 0.886 bits per heavy atom. The van der Waals surface area contributed by atoms with Crippen molar-refractivity contribution in [2.45, 2.75) is 13.5 Å². The fraction of sp³-hybridized carbons (Fsp3) is 0.100. The molecule has 4 aromatic rings. The molecule has 0 saturated heterocycles. The number of aryl methyl sites for hydroxylation is 1. The minimum absolute atomic E-state index is 0. The van der Waals surface area contributed by atoms with Crippen LogP contribution in [0.3, 0.4) is 0 Å². The quantitative estimate of drug-likeness (QED) is 0.247. The van der Waals surface area contributed by atoms with E-state index in [-0.39, 0.29) is 24.0 Å². The number of thiazole rings is 1. The van der Waals surface area contributed by atoms with Crippen molar-refractivity contribution in [2.24, 2.45) is 0 Å². The Labute approximate surface area is 228 Å². The molecule has 35 heavy (non-hydrogen) atoms. The monoisotopic (exact) mass is 590 g/mol. The highest BCUT2D eigenvalue weighted by molar-refractivity contribution is 7.18. The number of aromatic nitrogens is 1. The van der Waals surface area contributed by atoms with Crippen LogP contribution in [0.4, 0.5) is 5.69 Å². The molecule has 1 aliphatic rings. The molecule has 1 aliphatic heterocycles. The second kappa shape index (κ2) is 11.5. The highest BCUT2D eigenvalue weighted by Crippen LogP contribution is 2.30. The van der Waals surface area contributed by atoms with Gasteiger partial charge in [0.05, 0.1) is 6.08 Å². The maximum atomic E-state index is 6.39. The summed E-state index contributed by atoms with van der Waals surface area (Å²) in [6.45, 7) is 3.09. The number of fused-ring (bicyclic) bond motifs is 1. The number of hydrogen-bond acceptors (Lipinski definition) is 3. The molecule has 3 aromatic carbocycles. The van der Waals surface area contributed by atoms with Crippen molar-refractivity contribution in [2.75, 3.05) is 11.9 Å². The van der Waals surface area contributed by atoms with Gasteiger partial charge in [0.25, 0.3) is 5.01 Å². The van der Waals surface area contributed by atoms with Crippen LogP contribution in [0.25, 0.3) is 22.1 Å². The zero-order valence-electron chi connectivity index (χ0n) is 19.8. The van der Waals surface area contributed by atoms with Crippen molar-refractivity contribution >= 4 is 39.1 Å². The van der Waals surface area contributed by atoms with Crippen LogP contribution in [0, 0.1) is 0 Å². The summed E-state index contributed by atoms with van der Waals surface area (Å²) < 4.78 is 10.00. The maximum Gasteiger partial charge on any atom is 0.266 e. The van der Waals surface area contributed by atoms with Crippen molar-refractivity contribution in [3.05, 3.63) is 131 Å². The molecule has 0 spiro atoms. The topological polar surface area (TPSA) is 16.4 Å². The Balaban J connectivity index is 0.00000289. The molecule has 0 radical (unpaired) electrons. The van der Waals surface area contributed by atoms with E-state index < -0.39 is 0 Å². The number of benzene rings is 3. The highest BCUT2D eigenvalue weighted by atomic mass is 127. The average Bonchev–Trinajstić information content (AvgIpc) is 3.25. The van der Waals surface area contributed by atoms with E-state index in [1.54, 1.807) is 11.3 Å². The lowest BCUT2D eigenvalue weighted by molar-refractivity contribution is -0.665. The SMILES string of the molecule is CC[n+]1c(/C=C2C=C(/C=C/N(C)c3ccccc3)C=C(c3ccccc3)O/2)sc2ccccc21.[I-]. The molecule has 0 fully saturated rings. The molecular weight excluding hydrogens is 563 g/mol. The number of anilines is 1. The van der Waals surface area contributed by atoms with Crippen LogP contribution < -0.4 is 33.4 Å². The maximum absolute atomic E-state index is 6.39. The average molecular weight is 591 g/mol. The van der Waals surface area contributed by atoms with Crippen molar-refractivity contribution in [3.8, 4) is 0 Å². The molecule has 5 heteroatoms. The van der Waals surface area contributed by atoms with Crippen molar-refractivity contribution in [1.82, 2.24) is 0 Å². The Morgan fingerprint density at radius 2 is 1.57 bits per heavy atom. The fourth-order valence-corrected chi connectivity index (χ4v) is 5.18. The van der Waals surface area contributed by atoms with Crippen LogP contribution in [0.2, 0.25) is 0 Å². The summed E-state index contributed by atoms with van der Waals surface area (Å²) in [4.78, 5) is 2.12. The molecule has 0 atom stereocenters. The van der Waals surface area contributed by atoms with Crippen molar-refractivity contribution in [1.29, 1.82) is 0 Å². The Bertz CT molecular complexity index is 1420. The Morgan fingerprint density at radius 3 is 2.31 bits per heavy atom. The lowest BCUT2D eigenvalue weighted by Gasteiger charge is -2.18. The van der Waals surface area contributed by atoms with Crippen LogP contribution in [-0.2, 0) is 11.3 Å². The second-order valence-corrected chi connectivity index (χ2v) is 9.14. The molecule has 3 nitrogen and oxygen atoms in total. The van der Waals surface area contributed by atoms with Gasteiger partial charge in [0, 0.05) is 30.6 Å². The zero-order chi connectivity index (χ0) is 23.3. The molecule has 1 aromatic heterocycles. The number of rotatable bonds is 6. The molecule has 0 aliphatic carbocycles. The van der Waals surface area contributed by atoms with Gasteiger partial charge in [0.15, 0.2) is 0 Å². The molecule has 0 N–H and O–H groups in total. The van der Waals surface area contributed by atoms with E-state index >= 15 is 0 Å². The summed E-state index contributed by atoms with van der Waals surface area (Å²) in [6.07, 6.45) is 10.6. The number of para-hydroxylation sites is 2. The van der Waals surface area contributed by atoms with Gasteiger partial charge in [-0.15, -0.1) is 0 Å². The summed E-state index contributed by atoms with van der Waals surface area (Å²) in [7, 11) is 2.06. The Kier molecular flexibility index (Phi) is 8.21. The molecule has 0 amide bonds. The van der Waals surface area contributed by atoms with Crippen LogP contribution >= 0.6 is 11.3 Å². The summed E-state index contributed by atoms with van der Waals surface area (Å²) in [5.41, 5.74) is 4.54. The predicted octanol–water partition coefficient (Wildman–Crippen LogP) is 4.20. The predicted molar refractivity (Wildman–Crippen MR) is 143 cm³/mol. The zero-order valence-corrected chi connectivity index (χ0v) is 22.7. The lowest BCUT2D eigenvalue weighted by atomic mass is 10.1. The normalized spacial score (nSPS) is 14.4. The number of hydrogen-bond donors (Lipinski definition) is 0. The summed E-state index contributed by atoms with van der Waals surface area (Å²) in [5, 5.41) is 1.17. The third kappa shape index (κ3) is 5.74. The number of nitrogens with zero attached hydrogens (tertiary/aromatic N) is 2. The van der Waals surface area contributed by atoms with E-state index in [9.17, 15) is 0 Å². The molecule has 176 valence electrons. The van der Waals surface area contributed by atoms with Gasteiger partial charge in [0.2, 0.25) is 5.52 Å². The smallest absolute Gasteiger partial charge is 0.266 e. The van der Waals surface area contributed by atoms with Crippen LogP contribution in [-0.4, -0.2) is 7.05 Å². The fourth-order valence-electron chi connectivity index (χ4n) is 4.01. The first-order valence-corrected chi connectivity index (χ1v) is 12.3. The van der Waals surface area contributed by atoms with E-state index in [2.05, 4.69) is 115 Å². The van der Waals surface area contributed by atoms with Crippen LogP contribution in [0.15, 0.2) is 121 Å². The third-order valence-electron chi connectivity index (χ3n) is 5.77. The van der Waals surface area contributed by atoms with Gasteiger partial charge in [-0.2, -0.15) is 4.57 Å². The van der Waals surface area contributed by atoms with Crippen LogP contribution in [0.1, 0.15) is 17.5 Å². The summed E-state index contributed by atoms with van der Waals surface area (Å²) in [5.74, 6) is 1.68. The van der Waals surface area contributed by atoms with Crippen molar-refractivity contribution in [3.63, 3.8) is 0 Å². The summed E-state index contributed by atoms with van der Waals surface area (Å²) >= 11 is 1.79. The van der Waals surface area contributed by atoms with Gasteiger partial charge < -0.3 is 33.6 Å². The largest absolute Gasteiger partial charge is 1.00 e. The van der Waals surface area contributed by atoms with E-state index in [1.165, 1.54) is 15.2 Å². The third-order valence-corrected chi connectivity index (χ3v) is 6.88. The van der Waals surface area contributed by atoms with Gasteiger partial charge >= 0.3 is 0 Å². The van der Waals surface area contributed by atoms with Crippen LogP contribution in [0.5, 0.6) is 0 Å². The van der Waals surface area contributed by atoms with Crippen molar-refractivity contribution < 1.29 is 33.3 Å². The first-order chi connectivity index (χ1) is 16.7. The minimum atomic E-state index is 0. The first kappa shape index (κ1) is 24.9. The van der Waals surface area contributed by atoms with Gasteiger partial charge in [-0.05, 0) is 48.9 Å². The lowest BCUT2D eigenvalue weighted by Crippen LogP contribution is -3.00. The van der Waals surface area contributed by atoms with Gasteiger partial charge in [-0.25, -0.2) is 0 Å². The van der Waals surface area contributed by atoms with Gasteiger partial charge in [-0.3, -0.25) is 0 Å². The number of allylic oxidation sites excluding steroid dienone is 4. The van der Waals surface area contributed by atoms with E-state index in [1.807, 2.05) is 24.3 Å². The van der Waals surface area contributed by atoms with Gasteiger partial charge in [-0.1, -0.05) is 72.0 Å². The molecule has 5 rings (SSSR count). The molecular formula is C30H27IN2OS. The molecule has 0 unspecified atom stereocenters. The molecule has 0 bridgehead atoms. The number of halogens is 1. The number of ether oxygens (including phenoxy) is 1. The first-order valence-electron chi connectivity index (χ1n) is 11.5. The van der Waals surface area contributed by atoms with E-state index in [0.29, 0.717) is 0 Å². The second-order valence-electron chi connectivity index (χ2n) is 8.08. The minimum Gasteiger partial charge on any atom is -1.00 e. The molecule has 2 heterocycles. The van der Waals surface area contributed by atoms with E-state index in [4.69, 9.17) is 4.74 Å². The summed E-state index contributed by atoms with van der Waals surface area (Å²) in [6, 6.07) is 29.1. The van der Waals surface area contributed by atoms with Gasteiger partial charge in [0.1, 0.15) is 22.8 Å². The highest BCUT2D eigenvalue weighted by Gasteiger charge is 2.19.